The first-order valence-electron chi connectivity index (χ1n) is 7.39. The van der Waals surface area contributed by atoms with Gasteiger partial charge in [-0.1, -0.05) is 29.5 Å². The third-order valence-electron chi connectivity index (χ3n) is 3.72. The van der Waals surface area contributed by atoms with E-state index in [1.54, 1.807) is 19.2 Å². The number of furan rings is 1. The van der Waals surface area contributed by atoms with Crippen LogP contribution in [-0.2, 0) is 0 Å². The Bertz CT molecular complexity index is 1060. The van der Waals surface area contributed by atoms with Crippen LogP contribution in [0.2, 0.25) is 0 Å². The van der Waals surface area contributed by atoms with Gasteiger partial charge < -0.3 is 9.15 Å². The maximum Gasteiger partial charge on any atom is 0.293 e. The number of fused-ring (bicyclic) bond motifs is 2. The second kappa shape index (κ2) is 5.65. The lowest BCUT2D eigenvalue weighted by molar-refractivity contribution is 0.0998. The van der Waals surface area contributed by atoms with Crippen LogP contribution in [0.25, 0.3) is 21.2 Å². The summed E-state index contributed by atoms with van der Waals surface area (Å²) in [5.74, 6) is 0.496. The predicted molar refractivity (Wildman–Crippen MR) is 95.1 cm³/mol. The highest BCUT2D eigenvalue weighted by molar-refractivity contribution is 7.22. The Balaban J connectivity index is 1.65. The number of hydrogen-bond acceptors (Lipinski definition) is 5. The number of aromatic nitrogens is 1. The summed E-state index contributed by atoms with van der Waals surface area (Å²) in [5, 5.41) is 4.17. The van der Waals surface area contributed by atoms with Crippen LogP contribution in [0, 0.1) is 6.92 Å². The van der Waals surface area contributed by atoms with Crippen molar-refractivity contribution in [3.05, 3.63) is 53.8 Å². The number of para-hydroxylation sites is 1. The summed E-state index contributed by atoms with van der Waals surface area (Å²) in [6.07, 6.45) is 0. The Morgan fingerprint density at radius 2 is 2.12 bits per heavy atom. The van der Waals surface area contributed by atoms with E-state index in [4.69, 9.17) is 9.15 Å². The molecule has 120 valence electrons. The van der Waals surface area contributed by atoms with Crippen LogP contribution < -0.4 is 10.1 Å². The maximum atomic E-state index is 12.4. The maximum absolute atomic E-state index is 12.4. The summed E-state index contributed by atoms with van der Waals surface area (Å²) < 4.78 is 11.9. The molecule has 0 aliphatic rings. The number of hydrogen-bond donors (Lipinski definition) is 1. The normalized spacial score (nSPS) is 11.1. The molecule has 4 rings (SSSR count). The molecule has 0 saturated heterocycles. The number of amides is 1. The molecular weight excluding hydrogens is 324 g/mol. The lowest BCUT2D eigenvalue weighted by Crippen LogP contribution is -2.10. The van der Waals surface area contributed by atoms with Crippen molar-refractivity contribution in [3.63, 3.8) is 0 Å². The third-order valence-corrected chi connectivity index (χ3v) is 4.65. The van der Waals surface area contributed by atoms with Gasteiger partial charge in [0.25, 0.3) is 5.91 Å². The van der Waals surface area contributed by atoms with E-state index in [1.165, 1.54) is 11.3 Å². The van der Waals surface area contributed by atoms with Gasteiger partial charge in [0.2, 0.25) is 0 Å². The van der Waals surface area contributed by atoms with Crippen molar-refractivity contribution in [2.45, 2.75) is 6.92 Å². The van der Waals surface area contributed by atoms with E-state index in [2.05, 4.69) is 16.4 Å². The number of anilines is 1. The zero-order valence-corrected chi connectivity index (χ0v) is 13.9. The number of rotatable bonds is 3. The smallest absolute Gasteiger partial charge is 0.293 e. The van der Waals surface area contributed by atoms with Gasteiger partial charge >= 0.3 is 0 Å². The number of methoxy groups -OCH3 is 1. The van der Waals surface area contributed by atoms with Crippen molar-refractivity contribution < 1.29 is 13.9 Å². The van der Waals surface area contributed by atoms with Gasteiger partial charge in [0.05, 0.1) is 17.3 Å². The summed E-state index contributed by atoms with van der Waals surface area (Å²) >= 11 is 1.44. The summed E-state index contributed by atoms with van der Waals surface area (Å²) in [7, 11) is 1.57. The molecule has 2 aromatic heterocycles. The Morgan fingerprint density at radius 3 is 2.96 bits per heavy atom. The molecule has 0 spiro atoms. The van der Waals surface area contributed by atoms with Gasteiger partial charge in [-0.25, -0.2) is 4.98 Å². The number of thiazole rings is 1. The monoisotopic (exact) mass is 338 g/mol. The Kier molecular flexibility index (Phi) is 3.46. The van der Waals surface area contributed by atoms with Crippen LogP contribution in [0.15, 0.2) is 46.9 Å². The fourth-order valence-electron chi connectivity index (χ4n) is 2.55. The van der Waals surface area contributed by atoms with Gasteiger partial charge in [0.15, 0.2) is 22.2 Å². The SMILES string of the molecule is COc1cccc2cc(C(=O)Nc3nc4ccc(C)cc4s3)oc12. The second-order valence-electron chi connectivity index (χ2n) is 5.43. The molecule has 2 aromatic carbocycles. The molecule has 0 fully saturated rings. The molecule has 4 aromatic rings. The minimum absolute atomic E-state index is 0.227. The van der Waals surface area contributed by atoms with Crippen molar-refractivity contribution in [3.8, 4) is 5.75 Å². The van der Waals surface area contributed by atoms with Crippen LogP contribution in [0.1, 0.15) is 16.1 Å². The van der Waals surface area contributed by atoms with E-state index in [0.29, 0.717) is 16.5 Å². The molecular formula is C18H14N2O3S. The third kappa shape index (κ3) is 2.51. The highest BCUT2D eigenvalue weighted by Crippen LogP contribution is 2.30. The Hall–Kier alpha value is -2.86. The molecule has 0 bridgehead atoms. The number of carbonyl (C=O) groups excluding carboxylic acids is 1. The van der Waals surface area contributed by atoms with Crippen molar-refractivity contribution in [2.24, 2.45) is 0 Å². The minimum atomic E-state index is -0.330. The van der Waals surface area contributed by atoms with Crippen LogP contribution >= 0.6 is 11.3 Å². The number of benzene rings is 2. The van der Waals surface area contributed by atoms with Crippen molar-refractivity contribution >= 4 is 43.6 Å². The van der Waals surface area contributed by atoms with Gasteiger partial charge in [-0.2, -0.15) is 0 Å². The zero-order valence-electron chi connectivity index (χ0n) is 13.1. The number of nitrogens with zero attached hydrogens (tertiary/aromatic N) is 1. The highest BCUT2D eigenvalue weighted by Gasteiger charge is 2.16. The largest absolute Gasteiger partial charge is 0.493 e. The van der Waals surface area contributed by atoms with Crippen molar-refractivity contribution in [2.75, 3.05) is 12.4 Å². The second-order valence-corrected chi connectivity index (χ2v) is 6.46. The fraction of sp³-hybridized carbons (Fsp3) is 0.111. The zero-order chi connectivity index (χ0) is 16.7. The summed E-state index contributed by atoms with van der Waals surface area (Å²) in [6.45, 7) is 2.03. The summed E-state index contributed by atoms with van der Waals surface area (Å²) in [4.78, 5) is 16.9. The Labute approximate surface area is 141 Å². The van der Waals surface area contributed by atoms with Crippen LogP contribution in [0.4, 0.5) is 5.13 Å². The van der Waals surface area contributed by atoms with Gasteiger partial charge in [-0.15, -0.1) is 0 Å². The van der Waals surface area contributed by atoms with Gasteiger partial charge in [-0.3, -0.25) is 10.1 Å². The van der Waals surface area contributed by atoms with E-state index in [1.807, 2.05) is 31.2 Å². The molecule has 2 heterocycles. The predicted octanol–water partition coefficient (Wildman–Crippen LogP) is 4.61. The van der Waals surface area contributed by atoms with E-state index < -0.39 is 0 Å². The molecule has 0 saturated carbocycles. The van der Waals surface area contributed by atoms with Gasteiger partial charge in [0.1, 0.15) is 0 Å². The van der Waals surface area contributed by atoms with E-state index in [9.17, 15) is 4.79 Å². The molecule has 0 aliphatic heterocycles. The molecule has 5 nitrogen and oxygen atoms in total. The molecule has 0 aliphatic carbocycles. The fourth-order valence-corrected chi connectivity index (χ4v) is 3.51. The van der Waals surface area contributed by atoms with Gasteiger partial charge in [0, 0.05) is 5.39 Å². The van der Waals surface area contributed by atoms with Crippen LogP contribution in [-0.4, -0.2) is 18.0 Å². The quantitative estimate of drug-likeness (QED) is 0.592. The molecule has 0 unspecified atom stereocenters. The average Bonchev–Trinajstić information content (AvgIpc) is 3.17. The summed E-state index contributed by atoms with van der Waals surface area (Å²) in [6, 6.07) is 13.2. The standard InChI is InChI=1S/C18H14N2O3S/c1-10-6-7-12-15(8-10)24-18(19-12)20-17(21)14-9-11-4-3-5-13(22-2)16(11)23-14/h3-9H,1-2H3,(H,19,20,21). The van der Waals surface area contributed by atoms with Crippen LogP contribution in [0.5, 0.6) is 5.75 Å². The Morgan fingerprint density at radius 1 is 1.25 bits per heavy atom. The topological polar surface area (TPSA) is 64.4 Å². The first-order valence-corrected chi connectivity index (χ1v) is 8.21. The minimum Gasteiger partial charge on any atom is -0.493 e. The lowest BCUT2D eigenvalue weighted by atomic mass is 10.2. The van der Waals surface area contributed by atoms with Crippen molar-refractivity contribution in [1.82, 2.24) is 4.98 Å². The first kappa shape index (κ1) is 14.7. The highest BCUT2D eigenvalue weighted by atomic mass is 32.1. The molecule has 24 heavy (non-hydrogen) atoms. The molecule has 1 N–H and O–H groups in total. The molecule has 1 amide bonds. The molecule has 0 atom stereocenters. The van der Waals surface area contributed by atoms with E-state index in [0.717, 1.165) is 21.2 Å². The first-order chi connectivity index (χ1) is 11.6. The molecule has 6 heteroatoms. The van der Waals surface area contributed by atoms with E-state index >= 15 is 0 Å². The number of carbonyl (C=O) groups is 1. The average molecular weight is 338 g/mol. The molecule has 0 radical (unpaired) electrons. The number of nitrogens with one attached hydrogen (secondary N) is 1. The van der Waals surface area contributed by atoms with Gasteiger partial charge in [-0.05, 0) is 36.8 Å². The number of ether oxygens (including phenoxy) is 1. The van der Waals surface area contributed by atoms with Crippen LogP contribution in [0.3, 0.4) is 0 Å². The van der Waals surface area contributed by atoms with Crippen molar-refractivity contribution in [1.29, 1.82) is 0 Å². The summed E-state index contributed by atoms with van der Waals surface area (Å²) in [5.41, 5.74) is 2.59. The number of aryl methyl sites for hydroxylation is 1. The lowest BCUT2D eigenvalue weighted by Gasteiger charge is -1.99. The van der Waals surface area contributed by atoms with E-state index in [-0.39, 0.29) is 11.7 Å².